The van der Waals surface area contributed by atoms with Crippen LogP contribution in [0.2, 0.25) is 0 Å². The topological polar surface area (TPSA) is 9.72 Å². The Balaban J connectivity index is 2.21. The molecule has 1 atom stereocenters. The summed E-state index contributed by atoms with van der Waals surface area (Å²) < 4.78 is 0. The maximum atomic E-state index is 2.47. The number of hydrogen-bond donors (Lipinski definition) is 0. The van der Waals surface area contributed by atoms with Gasteiger partial charge < -0.3 is 0 Å². The zero-order valence-electron chi connectivity index (χ0n) is 14.4. The van der Waals surface area contributed by atoms with Crippen LogP contribution in [-0.4, -0.2) is 48.4 Å². The van der Waals surface area contributed by atoms with Gasteiger partial charge in [0.2, 0.25) is 0 Å². The molecule has 0 aromatic rings. The van der Waals surface area contributed by atoms with E-state index in [-0.39, 0.29) is 0 Å². The SMILES string of the molecule is CCCCCCCCC(C)N(C)N1CCCCCN1C. The van der Waals surface area contributed by atoms with Crippen LogP contribution < -0.4 is 0 Å². The maximum Gasteiger partial charge on any atom is 0.0293 e. The summed E-state index contributed by atoms with van der Waals surface area (Å²) in [6.07, 6.45) is 13.8. The van der Waals surface area contributed by atoms with E-state index >= 15 is 0 Å². The Morgan fingerprint density at radius 3 is 2.35 bits per heavy atom. The minimum absolute atomic E-state index is 0.654. The van der Waals surface area contributed by atoms with Gasteiger partial charge in [0.25, 0.3) is 0 Å². The Bertz CT molecular complexity index is 232. The Kier molecular flexibility index (Phi) is 9.49. The van der Waals surface area contributed by atoms with Crippen LogP contribution in [0.4, 0.5) is 0 Å². The van der Waals surface area contributed by atoms with Crippen molar-refractivity contribution in [1.29, 1.82) is 0 Å². The Labute approximate surface area is 127 Å². The molecule has 0 radical (unpaired) electrons. The quantitative estimate of drug-likeness (QED) is 0.584. The van der Waals surface area contributed by atoms with Crippen LogP contribution in [0.1, 0.15) is 78.1 Å². The molecule has 3 heteroatoms. The summed E-state index contributed by atoms with van der Waals surface area (Å²) in [5, 5.41) is 7.34. The third kappa shape index (κ3) is 6.55. The van der Waals surface area contributed by atoms with Gasteiger partial charge in [-0.25, -0.2) is 10.0 Å². The first kappa shape index (κ1) is 17.9. The average Bonchev–Trinajstić information content (AvgIpc) is 2.66. The number of hydrazine groups is 2. The van der Waals surface area contributed by atoms with Gasteiger partial charge in [-0.05, 0) is 26.2 Å². The van der Waals surface area contributed by atoms with E-state index in [9.17, 15) is 0 Å². The van der Waals surface area contributed by atoms with Gasteiger partial charge in [-0.2, -0.15) is 5.12 Å². The molecule has 0 aromatic carbocycles. The van der Waals surface area contributed by atoms with Gasteiger partial charge in [-0.15, -0.1) is 0 Å². The van der Waals surface area contributed by atoms with Crippen LogP contribution in [0.15, 0.2) is 0 Å². The van der Waals surface area contributed by atoms with Crippen molar-refractivity contribution in [3.63, 3.8) is 0 Å². The highest BCUT2D eigenvalue weighted by molar-refractivity contribution is 4.65. The van der Waals surface area contributed by atoms with E-state index in [0.29, 0.717) is 6.04 Å². The van der Waals surface area contributed by atoms with Gasteiger partial charge in [-0.1, -0.05) is 51.9 Å². The molecule has 0 amide bonds. The molecular weight excluding hydrogens is 246 g/mol. The first-order valence-corrected chi connectivity index (χ1v) is 8.88. The van der Waals surface area contributed by atoms with Gasteiger partial charge in [0.05, 0.1) is 0 Å². The smallest absolute Gasteiger partial charge is 0.0293 e. The molecule has 1 heterocycles. The summed E-state index contributed by atoms with van der Waals surface area (Å²) >= 11 is 0. The summed E-state index contributed by atoms with van der Waals surface area (Å²) in [5.74, 6) is 0. The lowest BCUT2D eigenvalue weighted by Gasteiger charge is -2.40. The summed E-state index contributed by atoms with van der Waals surface area (Å²) in [7, 11) is 4.50. The van der Waals surface area contributed by atoms with E-state index < -0.39 is 0 Å². The molecule has 0 bridgehead atoms. The molecule has 1 saturated heterocycles. The molecule has 1 fully saturated rings. The second kappa shape index (κ2) is 10.6. The van der Waals surface area contributed by atoms with Gasteiger partial charge in [0.15, 0.2) is 0 Å². The molecule has 120 valence electrons. The number of unbranched alkanes of at least 4 members (excludes halogenated alkanes) is 5. The Hall–Kier alpha value is -0.120. The second-order valence-electron chi connectivity index (χ2n) is 6.52. The molecular formula is C17H37N3. The molecule has 0 aliphatic carbocycles. The van der Waals surface area contributed by atoms with E-state index in [0.717, 1.165) is 0 Å². The van der Waals surface area contributed by atoms with Gasteiger partial charge >= 0.3 is 0 Å². The molecule has 0 spiro atoms. The van der Waals surface area contributed by atoms with Crippen molar-refractivity contribution in [1.82, 2.24) is 15.1 Å². The minimum Gasteiger partial charge on any atom is -0.231 e. The number of rotatable bonds is 9. The van der Waals surface area contributed by atoms with E-state index in [2.05, 4.69) is 43.1 Å². The zero-order chi connectivity index (χ0) is 14.8. The maximum absolute atomic E-state index is 2.47. The van der Waals surface area contributed by atoms with Crippen LogP contribution in [0.5, 0.6) is 0 Å². The highest BCUT2D eigenvalue weighted by atomic mass is 15.8. The summed E-state index contributed by atoms with van der Waals surface area (Å²) in [6, 6.07) is 0.654. The minimum atomic E-state index is 0.654. The zero-order valence-corrected chi connectivity index (χ0v) is 14.4. The number of hydrogen-bond acceptors (Lipinski definition) is 3. The van der Waals surface area contributed by atoms with Crippen molar-refractivity contribution in [2.75, 3.05) is 27.2 Å². The normalized spacial score (nSPS) is 20.2. The molecule has 0 N–H and O–H groups in total. The van der Waals surface area contributed by atoms with Crippen molar-refractivity contribution in [2.24, 2.45) is 0 Å². The first-order valence-electron chi connectivity index (χ1n) is 8.88. The van der Waals surface area contributed by atoms with Crippen molar-refractivity contribution < 1.29 is 0 Å². The summed E-state index contributed by atoms with van der Waals surface area (Å²) in [6.45, 7) is 7.06. The van der Waals surface area contributed by atoms with Crippen molar-refractivity contribution in [3.05, 3.63) is 0 Å². The van der Waals surface area contributed by atoms with Gasteiger partial charge in [-0.3, -0.25) is 0 Å². The second-order valence-corrected chi connectivity index (χ2v) is 6.52. The Morgan fingerprint density at radius 2 is 1.60 bits per heavy atom. The number of nitrogens with zero attached hydrogens (tertiary/aromatic N) is 3. The molecule has 3 nitrogen and oxygen atoms in total. The van der Waals surface area contributed by atoms with E-state index in [1.54, 1.807) is 0 Å². The third-order valence-electron chi connectivity index (χ3n) is 4.71. The molecule has 1 rings (SSSR count). The largest absolute Gasteiger partial charge is 0.231 e. The lowest BCUT2D eigenvalue weighted by atomic mass is 10.1. The van der Waals surface area contributed by atoms with Gasteiger partial charge in [0, 0.05) is 33.2 Å². The van der Waals surface area contributed by atoms with Crippen molar-refractivity contribution in [2.45, 2.75) is 84.1 Å². The first-order chi connectivity index (χ1) is 9.66. The van der Waals surface area contributed by atoms with E-state index in [4.69, 9.17) is 0 Å². The van der Waals surface area contributed by atoms with Crippen LogP contribution in [-0.2, 0) is 0 Å². The summed E-state index contributed by atoms with van der Waals surface area (Å²) in [4.78, 5) is 0. The predicted molar refractivity (Wildman–Crippen MR) is 88.4 cm³/mol. The summed E-state index contributed by atoms with van der Waals surface area (Å²) in [5.41, 5.74) is 0. The van der Waals surface area contributed by atoms with E-state index in [1.807, 2.05) is 0 Å². The van der Waals surface area contributed by atoms with Crippen LogP contribution >= 0.6 is 0 Å². The predicted octanol–water partition coefficient (Wildman–Crippen LogP) is 4.31. The highest BCUT2D eigenvalue weighted by Gasteiger charge is 2.22. The van der Waals surface area contributed by atoms with E-state index in [1.165, 1.54) is 77.3 Å². The van der Waals surface area contributed by atoms with Crippen molar-refractivity contribution in [3.8, 4) is 0 Å². The average molecular weight is 284 g/mol. The fourth-order valence-corrected chi connectivity index (χ4v) is 3.09. The fraction of sp³-hybridized carbons (Fsp3) is 1.00. The molecule has 0 aromatic heterocycles. The standard InChI is InChI=1S/C17H37N3/c1-5-6-7-8-9-11-14-17(2)19(4)20-16-13-10-12-15-18(20)3/h17H,5-16H2,1-4H3. The molecule has 20 heavy (non-hydrogen) atoms. The molecule has 0 saturated carbocycles. The monoisotopic (exact) mass is 283 g/mol. The lowest BCUT2D eigenvalue weighted by molar-refractivity contribution is -0.173. The lowest BCUT2D eigenvalue weighted by Crippen LogP contribution is -2.52. The van der Waals surface area contributed by atoms with Crippen LogP contribution in [0, 0.1) is 0 Å². The molecule has 1 aliphatic heterocycles. The molecule has 1 unspecified atom stereocenters. The highest BCUT2D eigenvalue weighted by Crippen LogP contribution is 2.16. The third-order valence-corrected chi connectivity index (χ3v) is 4.71. The fourth-order valence-electron chi connectivity index (χ4n) is 3.09. The molecule has 1 aliphatic rings. The van der Waals surface area contributed by atoms with Crippen LogP contribution in [0.25, 0.3) is 0 Å². The Morgan fingerprint density at radius 1 is 0.950 bits per heavy atom. The van der Waals surface area contributed by atoms with Crippen molar-refractivity contribution >= 4 is 0 Å². The van der Waals surface area contributed by atoms with Gasteiger partial charge in [0.1, 0.15) is 0 Å². The van der Waals surface area contributed by atoms with Crippen LogP contribution in [0.3, 0.4) is 0 Å².